The Labute approximate surface area is 289 Å². The smallest absolute Gasteiger partial charge is 0.265 e. The molecule has 7 nitrogen and oxygen atoms in total. The largest absolute Gasteiger partial charge is 0.379 e. The van der Waals surface area contributed by atoms with Crippen LogP contribution in [0.5, 0.6) is 0 Å². The van der Waals surface area contributed by atoms with E-state index in [1.807, 2.05) is 15.5 Å². The Morgan fingerprint density at radius 2 is 1.60 bits per heavy atom. The number of pyridine rings is 1. The van der Waals surface area contributed by atoms with E-state index in [0.29, 0.717) is 22.6 Å². The Hall–Kier alpha value is -3.59. The van der Waals surface area contributed by atoms with Crippen LogP contribution in [0, 0.1) is 12.8 Å². The van der Waals surface area contributed by atoms with Crippen LogP contribution in [0.3, 0.4) is 0 Å². The van der Waals surface area contributed by atoms with Gasteiger partial charge in [-0.1, -0.05) is 70.2 Å². The summed E-state index contributed by atoms with van der Waals surface area (Å²) in [6.45, 7) is 16.6. The van der Waals surface area contributed by atoms with Gasteiger partial charge in [0, 0.05) is 48.9 Å². The van der Waals surface area contributed by atoms with E-state index in [9.17, 15) is 9.59 Å². The highest BCUT2D eigenvalue weighted by atomic mass is 32.1. The number of carbonyl (C=O) groups is 1. The number of para-hydroxylation sites is 1. The molecule has 1 amide bonds. The van der Waals surface area contributed by atoms with Crippen LogP contribution in [0.1, 0.15) is 84.6 Å². The molecule has 0 N–H and O–H groups in total. The van der Waals surface area contributed by atoms with Crippen molar-refractivity contribution < 1.29 is 9.53 Å². The van der Waals surface area contributed by atoms with Gasteiger partial charge in [0.15, 0.2) is 0 Å². The van der Waals surface area contributed by atoms with E-state index < -0.39 is 0 Å². The number of aromatic nitrogens is 2. The molecule has 48 heavy (non-hydrogen) atoms. The second-order valence-corrected chi connectivity index (χ2v) is 14.9. The van der Waals surface area contributed by atoms with Crippen LogP contribution in [0.25, 0.3) is 27.5 Å². The first kappa shape index (κ1) is 34.3. The van der Waals surface area contributed by atoms with Crippen LogP contribution in [-0.4, -0.2) is 64.7 Å². The number of thiazole rings is 1. The van der Waals surface area contributed by atoms with Crippen LogP contribution >= 0.6 is 11.3 Å². The fraction of sp³-hybridized carbons (Fsp3) is 0.475. The number of carbonyl (C=O) groups excluding carboxylic acids is 1. The Morgan fingerprint density at radius 3 is 2.23 bits per heavy atom. The molecule has 2 aliphatic heterocycles. The van der Waals surface area contributed by atoms with Crippen molar-refractivity contribution in [3.63, 3.8) is 0 Å². The molecule has 0 radical (unpaired) electrons. The number of nitrogens with zero attached hydrogens (tertiary/aromatic N) is 4. The lowest BCUT2D eigenvalue weighted by atomic mass is 9.96. The van der Waals surface area contributed by atoms with E-state index in [4.69, 9.17) is 9.72 Å². The molecule has 6 rings (SSSR count). The van der Waals surface area contributed by atoms with Crippen molar-refractivity contribution >= 4 is 17.2 Å². The van der Waals surface area contributed by atoms with Gasteiger partial charge < -0.3 is 9.64 Å². The number of morpholine rings is 1. The number of aryl methyl sites for hydroxylation is 3. The van der Waals surface area contributed by atoms with E-state index in [-0.39, 0.29) is 17.4 Å². The summed E-state index contributed by atoms with van der Waals surface area (Å²) < 4.78 is 7.41. The number of hydrogen-bond acceptors (Lipinski definition) is 6. The van der Waals surface area contributed by atoms with Crippen LogP contribution in [0.15, 0.2) is 53.3 Å². The third-order valence-corrected chi connectivity index (χ3v) is 10.7. The second kappa shape index (κ2) is 15.3. The van der Waals surface area contributed by atoms with E-state index in [2.05, 4.69) is 82.0 Å². The highest BCUT2D eigenvalue weighted by Gasteiger charge is 2.29. The van der Waals surface area contributed by atoms with Crippen LogP contribution in [0.2, 0.25) is 0 Å². The Kier molecular flexibility index (Phi) is 10.9. The Morgan fingerprint density at radius 1 is 0.938 bits per heavy atom. The average molecular weight is 667 g/mol. The molecule has 254 valence electrons. The fourth-order valence-electron chi connectivity index (χ4n) is 7.15. The van der Waals surface area contributed by atoms with Gasteiger partial charge in [-0.25, -0.2) is 4.98 Å². The van der Waals surface area contributed by atoms with Gasteiger partial charge in [-0.05, 0) is 74.1 Å². The number of piperidine rings is 1. The predicted molar refractivity (Wildman–Crippen MR) is 196 cm³/mol. The normalized spacial score (nSPS) is 15.8. The molecule has 0 unspecified atom stereocenters. The highest BCUT2D eigenvalue weighted by molar-refractivity contribution is 7.15. The number of ether oxygens (including phenoxy) is 1. The van der Waals surface area contributed by atoms with E-state index in [1.165, 1.54) is 16.9 Å². The first-order chi connectivity index (χ1) is 23.3. The molecule has 2 fully saturated rings. The lowest BCUT2D eigenvalue weighted by Crippen LogP contribution is -2.38. The van der Waals surface area contributed by atoms with Crippen LogP contribution in [-0.2, 0) is 30.5 Å². The molecule has 0 atom stereocenters. The molecule has 2 aliphatic rings. The maximum Gasteiger partial charge on any atom is 0.265 e. The molecule has 2 aromatic heterocycles. The molecular weight excluding hydrogens is 617 g/mol. The van der Waals surface area contributed by atoms with Gasteiger partial charge in [0.2, 0.25) is 0 Å². The quantitative estimate of drug-likeness (QED) is 0.173. The summed E-state index contributed by atoms with van der Waals surface area (Å²) in [5.74, 6) is 0.282. The van der Waals surface area contributed by atoms with E-state index in [1.54, 1.807) is 0 Å². The molecule has 0 bridgehead atoms. The number of amides is 1. The number of likely N-dealkylation sites (tertiary alicyclic amines) is 1. The molecule has 8 heteroatoms. The fourth-order valence-corrected chi connectivity index (χ4v) is 8.09. The topological polar surface area (TPSA) is 67.7 Å². The zero-order chi connectivity index (χ0) is 33.8. The van der Waals surface area contributed by atoms with Gasteiger partial charge in [0.1, 0.15) is 5.01 Å². The zero-order valence-electron chi connectivity index (χ0n) is 29.3. The summed E-state index contributed by atoms with van der Waals surface area (Å²) in [6, 6.07) is 16.8. The van der Waals surface area contributed by atoms with Crippen molar-refractivity contribution in [1.82, 2.24) is 19.4 Å². The molecule has 0 saturated carbocycles. The minimum absolute atomic E-state index is 0.0248. The molecule has 2 saturated heterocycles. The van der Waals surface area contributed by atoms with E-state index >= 15 is 0 Å². The minimum atomic E-state index is -0.0994. The standard InChI is InChI=1S/C40H50N4O3S/c1-6-30-12-11-13-31(7-2)37(30)44-35(24-27(3)4)33(39(45)43-18-9-8-10-19-43)25-34(40(44)46)38-41-36(28(5)48-38)32-16-14-29(15-17-32)26-42-20-22-47-23-21-42/h11-17,25,27H,6-10,18-24,26H2,1-5H3. The van der Waals surface area contributed by atoms with Crippen LogP contribution in [0.4, 0.5) is 0 Å². The number of rotatable bonds is 10. The van der Waals surface area contributed by atoms with Crippen molar-refractivity contribution in [2.75, 3.05) is 39.4 Å². The third kappa shape index (κ3) is 7.21. The SMILES string of the molecule is CCc1cccc(CC)c1-n1c(CC(C)C)c(C(=O)N2CCCCC2)cc(-c2nc(-c3ccc(CN4CCOCC4)cc3)c(C)s2)c1=O. The van der Waals surface area contributed by atoms with Crippen molar-refractivity contribution in [3.8, 4) is 27.5 Å². The maximum absolute atomic E-state index is 14.9. The summed E-state index contributed by atoms with van der Waals surface area (Å²) in [5.41, 5.74) is 8.19. The summed E-state index contributed by atoms with van der Waals surface area (Å²) in [7, 11) is 0. The summed E-state index contributed by atoms with van der Waals surface area (Å²) in [4.78, 5) is 40.0. The molecule has 0 spiro atoms. The molecule has 4 heterocycles. The minimum Gasteiger partial charge on any atom is -0.379 e. The second-order valence-electron chi connectivity index (χ2n) is 13.7. The number of benzene rings is 2. The average Bonchev–Trinajstić information content (AvgIpc) is 3.49. The van der Waals surface area contributed by atoms with Crippen molar-refractivity contribution in [2.45, 2.75) is 79.7 Å². The maximum atomic E-state index is 14.9. The van der Waals surface area contributed by atoms with Crippen molar-refractivity contribution in [1.29, 1.82) is 0 Å². The van der Waals surface area contributed by atoms with Gasteiger partial charge in [0.05, 0.1) is 35.7 Å². The Balaban J connectivity index is 1.50. The van der Waals surface area contributed by atoms with Crippen LogP contribution < -0.4 is 5.56 Å². The van der Waals surface area contributed by atoms with Crippen molar-refractivity contribution in [3.05, 3.63) is 91.7 Å². The van der Waals surface area contributed by atoms with Crippen molar-refractivity contribution in [2.24, 2.45) is 5.92 Å². The number of hydrogen-bond donors (Lipinski definition) is 0. The summed E-state index contributed by atoms with van der Waals surface area (Å²) >= 11 is 1.54. The molecule has 0 aliphatic carbocycles. The first-order valence-corrected chi connectivity index (χ1v) is 18.7. The highest BCUT2D eigenvalue weighted by Crippen LogP contribution is 2.35. The molecular formula is C40H50N4O3S. The van der Waals surface area contributed by atoms with Gasteiger partial charge in [-0.3, -0.25) is 19.1 Å². The summed E-state index contributed by atoms with van der Waals surface area (Å²) in [5, 5.41) is 0.662. The van der Waals surface area contributed by atoms with Gasteiger partial charge in [0.25, 0.3) is 11.5 Å². The predicted octanol–water partition coefficient (Wildman–Crippen LogP) is 7.72. The van der Waals surface area contributed by atoms with Gasteiger partial charge >= 0.3 is 0 Å². The lowest BCUT2D eigenvalue weighted by Gasteiger charge is -2.29. The summed E-state index contributed by atoms with van der Waals surface area (Å²) in [6.07, 6.45) is 5.38. The first-order valence-electron chi connectivity index (χ1n) is 17.9. The monoisotopic (exact) mass is 666 g/mol. The van der Waals surface area contributed by atoms with Gasteiger partial charge in [-0.15, -0.1) is 11.3 Å². The van der Waals surface area contributed by atoms with Gasteiger partial charge in [-0.2, -0.15) is 0 Å². The molecule has 4 aromatic rings. The third-order valence-electron chi connectivity index (χ3n) is 9.73. The Bertz CT molecular complexity index is 1770. The van der Waals surface area contributed by atoms with E-state index in [0.717, 1.165) is 117 Å². The zero-order valence-corrected chi connectivity index (χ0v) is 30.1. The lowest BCUT2D eigenvalue weighted by molar-refractivity contribution is 0.0342. The molecule has 2 aromatic carbocycles.